The van der Waals surface area contributed by atoms with Crippen LogP contribution in [0.5, 0.6) is 0 Å². The molecule has 0 spiro atoms. The molecule has 1 nitrogen and oxygen atoms in total. The van der Waals surface area contributed by atoms with Crippen LogP contribution in [0.1, 0.15) is 31.2 Å². The Morgan fingerprint density at radius 2 is 1.94 bits per heavy atom. The van der Waals surface area contributed by atoms with Crippen molar-refractivity contribution >= 4 is 15.9 Å². The molecule has 0 aliphatic heterocycles. The Kier molecular flexibility index (Phi) is 3.83. The van der Waals surface area contributed by atoms with Crippen LogP contribution >= 0.6 is 15.9 Å². The molecule has 0 heterocycles. The lowest BCUT2D eigenvalue weighted by atomic mass is 9.80. The van der Waals surface area contributed by atoms with Crippen LogP contribution in [0.15, 0.2) is 22.7 Å². The molecule has 1 aromatic rings. The molecule has 2 N–H and O–H groups in total. The largest absolute Gasteiger partial charge is 0.328 e. The van der Waals surface area contributed by atoms with Gasteiger partial charge in [-0.3, -0.25) is 0 Å². The minimum Gasteiger partial charge on any atom is -0.328 e. The molecule has 0 radical (unpaired) electrons. The first kappa shape index (κ1) is 13.0. The second-order valence-electron chi connectivity index (χ2n) is 4.94. The maximum Gasteiger partial charge on any atom is 0.124 e. The van der Waals surface area contributed by atoms with Crippen LogP contribution in [0.4, 0.5) is 8.78 Å². The van der Waals surface area contributed by atoms with E-state index in [1.165, 1.54) is 12.1 Å². The van der Waals surface area contributed by atoms with E-state index in [1.807, 2.05) is 0 Å². The van der Waals surface area contributed by atoms with Crippen LogP contribution in [-0.4, -0.2) is 11.7 Å². The van der Waals surface area contributed by atoms with Crippen molar-refractivity contribution in [3.05, 3.63) is 34.1 Å². The fourth-order valence-corrected chi connectivity index (χ4v) is 2.93. The predicted octanol–water partition coefficient (Wildman–Crippen LogP) is 3.74. The summed E-state index contributed by atoms with van der Waals surface area (Å²) >= 11 is 3.22. The molecule has 4 heteroatoms. The molecular formula is C13H16BrF2N. The third-order valence-electron chi connectivity index (χ3n) is 3.37. The molecule has 1 fully saturated rings. The van der Waals surface area contributed by atoms with Gasteiger partial charge in [0.2, 0.25) is 0 Å². The standard InChI is InChI=1S/C13H16BrF2N/c14-10-5-9(6-11(15)7-10)8-13(16)3-1-12(17)2-4-13/h5-7,12H,1-4,8,17H2. The maximum absolute atomic E-state index is 14.5. The summed E-state index contributed by atoms with van der Waals surface area (Å²) in [7, 11) is 0. The van der Waals surface area contributed by atoms with Crippen LogP contribution < -0.4 is 5.73 Å². The van der Waals surface area contributed by atoms with Crippen molar-refractivity contribution in [2.24, 2.45) is 5.73 Å². The summed E-state index contributed by atoms with van der Waals surface area (Å²) in [5, 5.41) is 0. The minimum absolute atomic E-state index is 0.123. The Labute approximate surface area is 109 Å². The second-order valence-corrected chi connectivity index (χ2v) is 5.86. The van der Waals surface area contributed by atoms with E-state index >= 15 is 0 Å². The van der Waals surface area contributed by atoms with Gasteiger partial charge in [0.25, 0.3) is 0 Å². The lowest BCUT2D eigenvalue weighted by molar-refractivity contribution is 0.0994. The second kappa shape index (κ2) is 5.02. The normalized spacial score (nSPS) is 29.3. The van der Waals surface area contributed by atoms with E-state index in [0.717, 1.165) is 0 Å². The lowest BCUT2D eigenvalue weighted by Crippen LogP contribution is -2.37. The summed E-state index contributed by atoms with van der Waals surface area (Å²) in [5.74, 6) is -0.328. The Morgan fingerprint density at radius 1 is 1.29 bits per heavy atom. The number of hydrogen-bond acceptors (Lipinski definition) is 1. The highest BCUT2D eigenvalue weighted by Gasteiger charge is 2.34. The first-order chi connectivity index (χ1) is 7.97. The van der Waals surface area contributed by atoms with Gasteiger partial charge in [-0.1, -0.05) is 15.9 Å². The average Bonchev–Trinajstić information content (AvgIpc) is 2.21. The van der Waals surface area contributed by atoms with E-state index in [1.54, 1.807) is 6.07 Å². The van der Waals surface area contributed by atoms with Gasteiger partial charge in [0.1, 0.15) is 11.5 Å². The maximum atomic E-state index is 14.5. The first-order valence-corrected chi connectivity index (χ1v) is 6.66. The molecule has 0 atom stereocenters. The van der Waals surface area contributed by atoms with Crippen molar-refractivity contribution in [1.29, 1.82) is 0 Å². The molecule has 1 aliphatic carbocycles. The monoisotopic (exact) mass is 303 g/mol. The Morgan fingerprint density at radius 3 is 2.53 bits per heavy atom. The summed E-state index contributed by atoms with van der Waals surface area (Å²) in [5.41, 5.74) is 5.25. The Hall–Kier alpha value is -0.480. The van der Waals surface area contributed by atoms with Gasteiger partial charge in [-0.2, -0.15) is 0 Å². The van der Waals surface area contributed by atoms with Crippen molar-refractivity contribution in [1.82, 2.24) is 0 Å². The van der Waals surface area contributed by atoms with E-state index in [9.17, 15) is 8.78 Å². The van der Waals surface area contributed by atoms with E-state index in [2.05, 4.69) is 15.9 Å². The van der Waals surface area contributed by atoms with E-state index in [0.29, 0.717) is 35.7 Å². The third kappa shape index (κ3) is 3.49. The fraction of sp³-hybridized carbons (Fsp3) is 0.538. The summed E-state index contributed by atoms with van der Waals surface area (Å²) in [4.78, 5) is 0. The Balaban J connectivity index is 2.09. The van der Waals surface area contributed by atoms with Crippen LogP contribution in [0.2, 0.25) is 0 Å². The van der Waals surface area contributed by atoms with Crippen molar-refractivity contribution in [2.45, 2.75) is 43.8 Å². The van der Waals surface area contributed by atoms with Gasteiger partial charge in [-0.25, -0.2) is 8.78 Å². The van der Waals surface area contributed by atoms with E-state index in [-0.39, 0.29) is 18.3 Å². The van der Waals surface area contributed by atoms with Gasteiger partial charge in [0, 0.05) is 16.9 Å². The Bertz CT molecular complexity index is 380. The van der Waals surface area contributed by atoms with Gasteiger partial charge < -0.3 is 5.73 Å². The summed E-state index contributed by atoms with van der Waals surface area (Å²) in [6.07, 6.45) is 2.65. The molecule has 0 amide bonds. The van der Waals surface area contributed by atoms with Crippen LogP contribution in [0.25, 0.3) is 0 Å². The highest BCUT2D eigenvalue weighted by atomic mass is 79.9. The van der Waals surface area contributed by atoms with Crippen LogP contribution in [0, 0.1) is 5.82 Å². The molecule has 0 bridgehead atoms. The molecular weight excluding hydrogens is 288 g/mol. The summed E-state index contributed by atoms with van der Waals surface area (Å²) in [6.45, 7) is 0. The zero-order valence-corrected chi connectivity index (χ0v) is 11.1. The molecule has 0 unspecified atom stereocenters. The van der Waals surface area contributed by atoms with E-state index < -0.39 is 5.67 Å². The quantitative estimate of drug-likeness (QED) is 0.885. The van der Waals surface area contributed by atoms with Crippen molar-refractivity contribution in [2.75, 3.05) is 0 Å². The van der Waals surface area contributed by atoms with Crippen LogP contribution in [0.3, 0.4) is 0 Å². The summed E-state index contributed by atoms with van der Waals surface area (Å²) in [6, 6.07) is 4.68. The number of hydrogen-bond donors (Lipinski definition) is 1. The number of halogens is 3. The molecule has 1 aromatic carbocycles. The molecule has 0 saturated heterocycles. The van der Waals surface area contributed by atoms with Crippen molar-refractivity contribution in [3.63, 3.8) is 0 Å². The molecule has 0 aromatic heterocycles. The van der Waals surface area contributed by atoms with Gasteiger partial charge >= 0.3 is 0 Å². The van der Waals surface area contributed by atoms with Crippen molar-refractivity contribution in [3.8, 4) is 0 Å². The first-order valence-electron chi connectivity index (χ1n) is 5.86. The topological polar surface area (TPSA) is 26.0 Å². The molecule has 1 aliphatic rings. The third-order valence-corrected chi connectivity index (χ3v) is 3.83. The van der Waals surface area contributed by atoms with Crippen LogP contribution in [-0.2, 0) is 6.42 Å². The molecule has 17 heavy (non-hydrogen) atoms. The SMILES string of the molecule is NC1CCC(F)(Cc2cc(F)cc(Br)c2)CC1. The van der Waals surface area contributed by atoms with Gasteiger partial charge in [0.15, 0.2) is 0 Å². The predicted molar refractivity (Wildman–Crippen MR) is 68.1 cm³/mol. The summed E-state index contributed by atoms with van der Waals surface area (Å²) < 4.78 is 28.4. The van der Waals surface area contributed by atoms with Gasteiger partial charge in [-0.05, 0) is 49.4 Å². The number of alkyl halides is 1. The average molecular weight is 304 g/mol. The number of benzene rings is 1. The molecule has 1 saturated carbocycles. The number of rotatable bonds is 2. The zero-order chi connectivity index (χ0) is 12.5. The minimum atomic E-state index is -1.22. The highest BCUT2D eigenvalue weighted by Crippen LogP contribution is 2.35. The van der Waals surface area contributed by atoms with Crippen molar-refractivity contribution < 1.29 is 8.78 Å². The number of nitrogens with two attached hydrogens (primary N) is 1. The molecule has 2 rings (SSSR count). The smallest absolute Gasteiger partial charge is 0.124 e. The lowest BCUT2D eigenvalue weighted by Gasteiger charge is -2.32. The van der Waals surface area contributed by atoms with Gasteiger partial charge in [-0.15, -0.1) is 0 Å². The van der Waals surface area contributed by atoms with Gasteiger partial charge in [0.05, 0.1) is 0 Å². The highest BCUT2D eigenvalue weighted by molar-refractivity contribution is 9.10. The molecule has 94 valence electrons. The fourth-order valence-electron chi connectivity index (χ4n) is 2.41. The zero-order valence-electron chi connectivity index (χ0n) is 9.56. The van der Waals surface area contributed by atoms with E-state index in [4.69, 9.17) is 5.73 Å².